The lowest BCUT2D eigenvalue weighted by atomic mass is 9.96. The highest BCUT2D eigenvalue weighted by Gasteiger charge is 2.42. The van der Waals surface area contributed by atoms with Crippen LogP contribution < -0.4 is 10.2 Å². The van der Waals surface area contributed by atoms with Crippen LogP contribution in [0.2, 0.25) is 0 Å². The van der Waals surface area contributed by atoms with Crippen LogP contribution in [-0.4, -0.2) is 14.7 Å². The third-order valence-corrected chi connectivity index (χ3v) is 5.77. The Hall–Kier alpha value is -2.73. The molecule has 0 unspecified atom stereocenters. The number of hydrogen-bond donors (Lipinski definition) is 1. The van der Waals surface area contributed by atoms with Crippen molar-refractivity contribution in [1.29, 1.82) is 0 Å². The van der Waals surface area contributed by atoms with Gasteiger partial charge in [-0.05, 0) is 81.0 Å². The summed E-state index contributed by atoms with van der Waals surface area (Å²) in [4.78, 5) is 6.66. The maximum Gasteiger partial charge on any atom is 0.174 e. The lowest BCUT2D eigenvalue weighted by Gasteiger charge is -2.28. The van der Waals surface area contributed by atoms with Gasteiger partial charge in [0.05, 0.1) is 17.8 Å². The van der Waals surface area contributed by atoms with Gasteiger partial charge in [-0.3, -0.25) is 4.98 Å². The van der Waals surface area contributed by atoms with E-state index in [9.17, 15) is 4.39 Å². The summed E-state index contributed by atoms with van der Waals surface area (Å²) in [5, 5.41) is 4.07. The molecule has 1 aliphatic rings. The second-order valence-corrected chi connectivity index (χ2v) is 7.43. The van der Waals surface area contributed by atoms with Crippen LogP contribution in [0.15, 0.2) is 54.7 Å². The molecule has 1 fully saturated rings. The Morgan fingerprint density at radius 2 is 1.89 bits per heavy atom. The molecule has 144 valence electrons. The van der Waals surface area contributed by atoms with Crippen LogP contribution in [0.5, 0.6) is 0 Å². The second kappa shape index (κ2) is 7.36. The summed E-state index contributed by atoms with van der Waals surface area (Å²) < 4.78 is 15.8. The lowest BCUT2D eigenvalue weighted by molar-refractivity contribution is 0.562. The molecule has 1 N–H and O–H groups in total. The number of halogens is 1. The molecule has 6 heteroatoms. The van der Waals surface area contributed by atoms with Crippen LogP contribution >= 0.6 is 12.2 Å². The van der Waals surface area contributed by atoms with Crippen LogP contribution in [-0.2, 0) is 6.54 Å². The highest BCUT2D eigenvalue weighted by atomic mass is 32.1. The number of nitrogens with zero attached hydrogens (tertiary/aromatic N) is 3. The van der Waals surface area contributed by atoms with Crippen molar-refractivity contribution in [3.8, 4) is 0 Å². The van der Waals surface area contributed by atoms with E-state index in [0.29, 0.717) is 5.11 Å². The Bertz CT molecular complexity index is 997. The van der Waals surface area contributed by atoms with Crippen molar-refractivity contribution in [2.24, 2.45) is 0 Å². The lowest BCUT2D eigenvalue weighted by Crippen LogP contribution is -2.29. The van der Waals surface area contributed by atoms with E-state index in [0.717, 1.165) is 17.9 Å². The zero-order valence-electron chi connectivity index (χ0n) is 16.2. The number of aromatic nitrogens is 2. The van der Waals surface area contributed by atoms with Crippen LogP contribution in [0.3, 0.4) is 0 Å². The minimum atomic E-state index is -0.260. The fourth-order valence-electron chi connectivity index (χ4n) is 4.16. The Morgan fingerprint density at radius 1 is 1.14 bits per heavy atom. The summed E-state index contributed by atoms with van der Waals surface area (Å²) in [5.74, 6) is -0.260. The average Bonchev–Trinajstić information content (AvgIpc) is 3.18. The van der Waals surface area contributed by atoms with E-state index in [-0.39, 0.29) is 17.9 Å². The SMILES string of the molecule is CCn1c(C)cc([C@@H]2[C@@H](c3ccccn3)NC(=S)N2c2ccc(F)cc2)c1C. The van der Waals surface area contributed by atoms with Gasteiger partial charge in [-0.15, -0.1) is 0 Å². The molecular weight excluding hydrogens is 371 g/mol. The van der Waals surface area contributed by atoms with Crippen molar-refractivity contribution >= 4 is 23.0 Å². The van der Waals surface area contributed by atoms with Crippen LogP contribution in [0.1, 0.15) is 41.7 Å². The van der Waals surface area contributed by atoms with E-state index < -0.39 is 0 Å². The average molecular weight is 395 g/mol. The van der Waals surface area contributed by atoms with Gasteiger partial charge in [0.15, 0.2) is 5.11 Å². The third kappa shape index (κ3) is 3.07. The Balaban J connectivity index is 1.88. The molecular formula is C22H23FN4S. The first-order chi connectivity index (χ1) is 13.5. The fourth-order valence-corrected chi connectivity index (χ4v) is 4.51. The topological polar surface area (TPSA) is 33.1 Å². The number of nitrogens with one attached hydrogen (secondary N) is 1. The first-order valence-corrected chi connectivity index (χ1v) is 9.85. The molecule has 1 aromatic carbocycles. The molecule has 0 saturated carbocycles. The van der Waals surface area contributed by atoms with Crippen LogP contribution in [0.4, 0.5) is 10.1 Å². The summed E-state index contributed by atoms with van der Waals surface area (Å²) in [6, 6.07) is 14.5. The number of aryl methyl sites for hydroxylation is 1. The second-order valence-electron chi connectivity index (χ2n) is 7.04. The van der Waals surface area contributed by atoms with Crippen molar-refractivity contribution in [3.05, 3.63) is 83.2 Å². The van der Waals surface area contributed by atoms with Gasteiger partial charge in [0.25, 0.3) is 0 Å². The molecule has 3 aromatic rings. The molecule has 0 spiro atoms. The van der Waals surface area contributed by atoms with Gasteiger partial charge >= 0.3 is 0 Å². The summed E-state index contributed by atoms with van der Waals surface area (Å²) in [6.07, 6.45) is 1.80. The Morgan fingerprint density at radius 3 is 2.50 bits per heavy atom. The number of rotatable bonds is 4. The smallest absolute Gasteiger partial charge is 0.174 e. The van der Waals surface area contributed by atoms with Crippen molar-refractivity contribution in [3.63, 3.8) is 0 Å². The number of pyridine rings is 1. The van der Waals surface area contributed by atoms with E-state index in [1.165, 1.54) is 29.1 Å². The third-order valence-electron chi connectivity index (χ3n) is 5.45. The van der Waals surface area contributed by atoms with Crippen molar-refractivity contribution in [1.82, 2.24) is 14.9 Å². The minimum absolute atomic E-state index is 0.0700. The summed E-state index contributed by atoms with van der Waals surface area (Å²) in [6.45, 7) is 7.33. The van der Waals surface area contributed by atoms with Gasteiger partial charge in [-0.1, -0.05) is 6.07 Å². The molecule has 28 heavy (non-hydrogen) atoms. The molecule has 4 nitrogen and oxygen atoms in total. The van der Waals surface area contributed by atoms with E-state index in [2.05, 4.69) is 46.6 Å². The Labute approximate surface area is 170 Å². The van der Waals surface area contributed by atoms with E-state index >= 15 is 0 Å². The monoisotopic (exact) mass is 394 g/mol. The number of thiocarbonyl (C=S) groups is 1. The van der Waals surface area contributed by atoms with Crippen LogP contribution in [0, 0.1) is 19.7 Å². The highest BCUT2D eigenvalue weighted by molar-refractivity contribution is 7.80. The van der Waals surface area contributed by atoms with Gasteiger partial charge in [0.1, 0.15) is 5.82 Å². The predicted molar refractivity (Wildman–Crippen MR) is 114 cm³/mol. The Kier molecular flexibility index (Phi) is 4.89. The molecule has 2 atom stereocenters. The molecule has 4 rings (SSSR count). The largest absolute Gasteiger partial charge is 0.351 e. The fraction of sp³-hybridized carbons (Fsp3) is 0.273. The van der Waals surface area contributed by atoms with Gasteiger partial charge < -0.3 is 14.8 Å². The normalized spacial score (nSPS) is 19.1. The quantitative estimate of drug-likeness (QED) is 0.642. The van der Waals surface area contributed by atoms with Crippen molar-refractivity contribution < 1.29 is 4.39 Å². The van der Waals surface area contributed by atoms with E-state index in [1.807, 2.05) is 18.2 Å². The summed E-state index contributed by atoms with van der Waals surface area (Å²) >= 11 is 5.71. The highest BCUT2D eigenvalue weighted by Crippen LogP contribution is 2.43. The molecule has 0 aliphatic carbocycles. The first kappa shape index (κ1) is 18.6. The zero-order chi connectivity index (χ0) is 19.8. The number of benzene rings is 1. The van der Waals surface area contributed by atoms with Crippen molar-refractivity contribution in [2.75, 3.05) is 4.90 Å². The van der Waals surface area contributed by atoms with Crippen LogP contribution in [0.25, 0.3) is 0 Å². The standard InChI is InChI=1S/C22H23FN4S/c1-4-26-14(2)13-18(15(26)3)21-20(19-7-5-6-12-24-19)25-22(28)27(21)17-10-8-16(23)9-11-17/h5-13,20-21H,4H2,1-3H3,(H,25,28)/t20-,21-/m1/s1. The van der Waals surface area contributed by atoms with Gasteiger partial charge in [-0.2, -0.15) is 0 Å². The zero-order valence-corrected chi connectivity index (χ0v) is 17.0. The molecule has 3 heterocycles. The van der Waals surface area contributed by atoms with Gasteiger partial charge in [-0.25, -0.2) is 4.39 Å². The molecule has 0 radical (unpaired) electrons. The molecule has 2 aromatic heterocycles. The maximum atomic E-state index is 13.5. The number of hydrogen-bond acceptors (Lipinski definition) is 2. The maximum absolute atomic E-state index is 13.5. The molecule has 0 amide bonds. The molecule has 1 aliphatic heterocycles. The van der Waals surface area contributed by atoms with Gasteiger partial charge in [0.2, 0.25) is 0 Å². The molecule has 0 bridgehead atoms. The van der Waals surface area contributed by atoms with E-state index in [1.54, 1.807) is 18.3 Å². The van der Waals surface area contributed by atoms with E-state index in [4.69, 9.17) is 12.2 Å². The summed E-state index contributed by atoms with van der Waals surface area (Å²) in [5.41, 5.74) is 5.42. The number of anilines is 1. The molecule has 1 saturated heterocycles. The van der Waals surface area contributed by atoms with Gasteiger partial charge in [0, 0.05) is 29.8 Å². The summed E-state index contributed by atoms with van der Waals surface area (Å²) in [7, 11) is 0. The first-order valence-electron chi connectivity index (χ1n) is 9.44. The minimum Gasteiger partial charge on any atom is -0.351 e. The predicted octanol–water partition coefficient (Wildman–Crippen LogP) is 4.84. The van der Waals surface area contributed by atoms with Crippen molar-refractivity contribution in [2.45, 2.75) is 39.4 Å².